The number of alkyl halides is 6. The van der Waals surface area contributed by atoms with Crippen LogP contribution in [0.15, 0.2) is 48.5 Å². The van der Waals surface area contributed by atoms with Gasteiger partial charge in [0.05, 0.1) is 7.11 Å². The molecule has 174 valence electrons. The maximum absolute atomic E-state index is 14.0. The largest absolute Gasteiger partial charge is 0.573 e. The minimum absolute atomic E-state index is 0.137. The van der Waals surface area contributed by atoms with Gasteiger partial charge in [0, 0.05) is 11.4 Å². The Balaban J connectivity index is 2.28. The van der Waals surface area contributed by atoms with Crippen molar-refractivity contribution in [2.45, 2.75) is 25.1 Å². The Morgan fingerprint density at radius 3 is 2.03 bits per heavy atom. The van der Waals surface area contributed by atoms with E-state index in [1.54, 1.807) is 13.0 Å². The summed E-state index contributed by atoms with van der Waals surface area (Å²) in [5.41, 5.74) is -3.41. The first-order chi connectivity index (χ1) is 14.8. The minimum atomic E-state index is -5.36. The fourth-order valence-corrected chi connectivity index (χ4v) is 2.56. The van der Waals surface area contributed by atoms with Crippen molar-refractivity contribution in [3.05, 3.63) is 54.1 Å². The lowest BCUT2D eigenvalue weighted by atomic mass is 10.1. The molecule has 0 aliphatic rings. The second-order valence-corrected chi connectivity index (χ2v) is 6.39. The number of aryl methyl sites for hydroxylation is 1. The molecule has 0 bridgehead atoms. The topological polar surface area (TPSA) is 88.7 Å². The molecular formula is C19H17F6N3O4. The zero-order chi connectivity index (χ0) is 24.2. The molecule has 0 saturated heterocycles. The summed E-state index contributed by atoms with van der Waals surface area (Å²) < 4.78 is 86.5. The zero-order valence-corrected chi connectivity index (χ0v) is 16.5. The fraction of sp³-hybridized carbons (Fsp3) is 0.263. The monoisotopic (exact) mass is 465 g/mol. The lowest BCUT2D eigenvalue weighted by Gasteiger charge is -2.35. The molecule has 7 nitrogen and oxygen atoms in total. The Labute approximate surface area is 177 Å². The molecule has 13 heteroatoms. The van der Waals surface area contributed by atoms with E-state index in [1.807, 2.05) is 10.6 Å². The van der Waals surface area contributed by atoms with Crippen LogP contribution in [0.2, 0.25) is 0 Å². The van der Waals surface area contributed by atoms with Gasteiger partial charge in [-0.1, -0.05) is 12.1 Å². The van der Waals surface area contributed by atoms with Crippen molar-refractivity contribution in [3.8, 4) is 5.75 Å². The molecule has 0 heterocycles. The number of amides is 2. The number of methoxy groups -OCH3 is 1. The molecule has 3 N–H and O–H groups in total. The lowest BCUT2D eigenvalue weighted by molar-refractivity contribution is -0.274. The number of anilines is 2. The van der Waals surface area contributed by atoms with Gasteiger partial charge in [-0.2, -0.15) is 13.2 Å². The van der Waals surface area contributed by atoms with Crippen LogP contribution in [0.5, 0.6) is 5.75 Å². The van der Waals surface area contributed by atoms with E-state index >= 15 is 0 Å². The SMILES string of the molecule is COC(=O)[C@](NC(=O)Nc1ccc(OC(F)(F)F)cc1)(Nc1cccc(C)c1)C(F)(F)F. The number of esters is 1. The molecule has 2 aromatic carbocycles. The second kappa shape index (κ2) is 9.24. The molecule has 32 heavy (non-hydrogen) atoms. The number of hydrogen-bond acceptors (Lipinski definition) is 5. The molecule has 2 amide bonds. The summed E-state index contributed by atoms with van der Waals surface area (Å²) in [6, 6.07) is 7.70. The quantitative estimate of drug-likeness (QED) is 0.331. The average molecular weight is 465 g/mol. The zero-order valence-electron chi connectivity index (χ0n) is 16.5. The molecule has 2 rings (SSSR count). The van der Waals surface area contributed by atoms with Gasteiger partial charge in [0.1, 0.15) is 5.75 Å². The Hall–Kier alpha value is -3.64. The van der Waals surface area contributed by atoms with Crippen LogP contribution in [0.25, 0.3) is 0 Å². The van der Waals surface area contributed by atoms with Gasteiger partial charge in [0.25, 0.3) is 0 Å². The van der Waals surface area contributed by atoms with Crippen molar-refractivity contribution in [2.75, 3.05) is 17.7 Å². The number of urea groups is 1. The van der Waals surface area contributed by atoms with E-state index in [9.17, 15) is 35.9 Å². The van der Waals surface area contributed by atoms with E-state index < -0.39 is 36.0 Å². The van der Waals surface area contributed by atoms with Gasteiger partial charge >= 0.3 is 30.2 Å². The number of carbonyl (C=O) groups is 2. The van der Waals surface area contributed by atoms with Gasteiger partial charge in [-0.25, -0.2) is 9.59 Å². The van der Waals surface area contributed by atoms with Gasteiger partial charge in [-0.05, 0) is 48.9 Å². The molecule has 0 aromatic heterocycles. The molecule has 0 unspecified atom stereocenters. The highest BCUT2D eigenvalue weighted by Gasteiger charge is 2.63. The van der Waals surface area contributed by atoms with Gasteiger partial charge < -0.3 is 20.1 Å². The Morgan fingerprint density at radius 2 is 1.53 bits per heavy atom. The van der Waals surface area contributed by atoms with Gasteiger partial charge in [0.2, 0.25) is 0 Å². The third-order valence-electron chi connectivity index (χ3n) is 3.91. The highest BCUT2D eigenvalue weighted by Crippen LogP contribution is 2.33. The van der Waals surface area contributed by atoms with Crippen LogP contribution < -0.4 is 20.7 Å². The number of rotatable bonds is 6. The predicted molar refractivity (Wildman–Crippen MR) is 101 cm³/mol. The molecule has 1 atom stereocenters. The summed E-state index contributed by atoms with van der Waals surface area (Å²) in [4.78, 5) is 24.4. The number of nitrogens with one attached hydrogen (secondary N) is 3. The summed E-state index contributed by atoms with van der Waals surface area (Å²) in [5, 5.41) is 5.48. The van der Waals surface area contributed by atoms with Crippen LogP contribution in [0.1, 0.15) is 5.56 Å². The summed E-state index contributed by atoms with van der Waals surface area (Å²) in [6.07, 6.45) is -10.3. The summed E-state index contributed by atoms with van der Waals surface area (Å²) in [7, 11) is 0.708. The van der Waals surface area contributed by atoms with Crippen LogP contribution in [-0.2, 0) is 9.53 Å². The van der Waals surface area contributed by atoms with Crippen LogP contribution in [0.4, 0.5) is 42.5 Å². The van der Waals surface area contributed by atoms with Crippen molar-refractivity contribution in [2.24, 2.45) is 0 Å². The highest BCUT2D eigenvalue weighted by molar-refractivity contribution is 5.96. The lowest BCUT2D eigenvalue weighted by Crippen LogP contribution is -2.69. The molecule has 0 aliphatic carbocycles. The second-order valence-electron chi connectivity index (χ2n) is 6.39. The minimum Gasteiger partial charge on any atom is -0.466 e. The average Bonchev–Trinajstić information content (AvgIpc) is 2.66. The molecule has 2 aromatic rings. The van der Waals surface area contributed by atoms with Crippen molar-refractivity contribution < 1.29 is 45.4 Å². The van der Waals surface area contributed by atoms with Crippen molar-refractivity contribution in [3.63, 3.8) is 0 Å². The van der Waals surface area contributed by atoms with Crippen molar-refractivity contribution >= 4 is 23.4 Å². The first kappa shape index (κ1) is 24.6. The molecule has 0 fully saturated rings. The Bertz CT molecular complexity index is 963. The van der Waals surface area contributed by atoms with Crippen LogP contribution in [0.3, 0.4) is 0 Å². The van der Waals surface area contributed by atoms with E-state index in [1.165, 1.54) is 23.5 Å². The van der Waals surface area contributed by atoms with Crippen molar-refractivity contribution in [1.29, 1.82) is 0 Å². The predicted octanol–water partition coefficient (Wildman–Crippen LogP) is 4.56. The third-order valence-corrected chi connectivity index (χ3v) is 3.91. The van der Waals surface area contributed by atoms with Gasteiger partial charge in [-0.3, -0.25) is 5.32 Å². The molecular weight excluding hydrogens is 448 g/mol. The number of benzene rings is 2. The smallest absolute Gasteiger partial charge is 0.466 e. The van der Waals surface area contributed by atoms with E-state index in [4.69, 9.17) is 0 Å². The third kappa shape index (κ3) is 6.18. The Kier molecular flexibility index (Phi) is 7.11. The number of halogens is 6. The summed E-state index contributed by atoms with van der Waals surface area (Å²) in [5.74, 6) is -2.46. The first-order valence-corrected chi connectivity index (χ1v) is 8.71. The van der Waals surface area contributed by atoms with E-state index in [2.05, 4.69) is 9.47 Å². The van der Waals surface area contributed by atoms with Gasteiger partial charge in [0.15, 0.2) is 0 Å². The number of carbonyl (C=O) groups excluding carboxylic acids is 2. The summed E-state index contributed by atoms with van der Waals surface area (Å²) in [6.45, 7) is 1.60. The summed E-state index contributed by atoms with van der Waals surface area (Å²) >= 11 is 0. The molecule has 0 spiro atoms. The fourth-order valence-electron chi connectivity index (χ4n) is 2.56. The van der Waals surface area contributed by atoms with Crippen LogP contribution in [-0.4, -0.2) is 37.3 Å². The van der Waals surface area contributed by atoms with Gasteiger partial charge in [-0.15, -0.1) is 13.2 Å². The van der Waals surface area contributed by atoms with E-state index in [0.717, 1.165) is 24.3 Å². The van der Waals surface area contributed by atoms with Crippen molar-refractivity contribution in [1.82, 2.24) is 5.32 Å². The number of hydrogen-bond donors (Lipinski definition) is 3. The highest BCUT2D eigenvalue weighted by atomic mass is 19.4. The van der Waals surface area contributed by atoms with E-state index in [0.29, 0.717) is 12.7 Å². The standard InChI is InChI=1S/C19H17F6N3O4/c1-11-4-3-5-13(10-11)27-17(15(29)31-2,18(20,21)22)28-16(30)26-12-6-8-14(9-7-12)32-19(23,24)25/h3-10,27H,1-2H3,(H2,26,28,30)/t17-/m1/s1. The number of ether oxygens (including phenoxy) is 2. The first-order valence-electron chi connectivity index (χ1n) is 8.71. The molecule has 0 radical (unpaired) electrons. The van der Waals surface area contributed by atoms with Crippen LogP contribution >= 0.6 is 0 Å². The van der Waals surface area contributed by atoms with Crippen LogP contribution in [0, 0.1) is 6.92 Å². The molecule has 0 aliphatic heterocycles. The normalized spacial score (nSPS) is 13.5. The molecule has 0 saturated carbocycles. The van der Waals surface area contributed by atoms with E-state index in [-0.39, 0.29) is 11.4 Å². The maximum Gasteiger partial charge on any atom is 0.573 e. The maximum atomic E-state index is 14.0. The Morgan fingerprint density at radius 1 is 0.906 bits per heavy atom.